The number of benzene rings is 1. The van der Waals surface area contributed by atoms with Crippen molar-refractivity contribution in [3.63, 3.8) is 0 Å². The van der Waals surface area contributed by atoms with Crippen molar-refractivity contribution in [2.45, 2.75) is 12.7 Å². The Hall–Kier alpha value is -3.48. The Morgan fingerprint density at radius 3 is 2.62 bits per heavy atom. The molecule has 1 fully saturated rings. The Bertz CT molecular complexity index is 806. The standard InChI is InChI=1S/C16H19F2N5O6/c1-20-16(27)22-12(13(19)25)14(26)21-9-3-2-8(6-10(9)29-15(17)18)23-4-5-28-7-11(23)24/h2-3,6,12,15H,4-5,7H2,1H3,(H2,19,25)(H,21,26)(H2,20,22,27)/t12-/m1/s1. The van der Waals surface area contributed by atoms with Gasteiger partial charge >= 0.3 is 12.6 Å². The topological polar surface area (TPSA) is 152 Å². The largest absolute Gasteiger partial charge is 0.433 e. The molecular formula is C16H19F2N5O6. The number of ether oxygens (including phenoxy) is 2. The molecule has 0 unspecified atom stereocenters. The van der Waals surface area contributed by atoms with Gasteiger partial charge in [-0.25, -0.2) is 4.79 Å². The normalized spacial score (nSPS) is 14.9. The molecule has 1 atom stereocenters. The van der Waals surface area contributed by atoms with Gasteiger partial charge in [0.2, 0.25) is 5.91 Å². The number of urea groups is 1. The van der Waals surface area contributed by atoms with Crippen LogP contribution in [-0.2, 0) is 19.1 Å². The average molecular weight is 415 g/mol. The number of alkyl halides is 2. The molecule has 29 heavy (non-hydrogen) atoms. The molecule has 11 nitrogen and oxygen atoms in total. The van der Waals surface area contributed by atoms with Gasteiger partial charge in [-0.05, 0) is 12.1 Å². The number of carbonyl (C=O) groups excluding carboxylic acids is 4. The first-order valence-corrected chi connectivity index (χ1v) is 8.28. The van der Waals surface area contributed by atoms with E-state index in [-0.39, 0.29) is 37.0 Å². The fourth-order valence-electron chi connectivity index (χ4n) is 2.44. The maximum atomic E-state index is 12.8. The summed E-state index contributed by atoms with van der Waals surface area (Å²) in [6.45, 7) is -2.91. The summed E-state index contributed by atoms with van der Waals surface area (Å²) in [5, 5.41) is 6.37. The molecule has 5 amide bonds. The molecule has 0 aliphatic carbocycles. The summed E-state index contributed by atoms with van der Waals surface area (Å²) in [6.07, 6.45) is 0. The van der Waals surface area contributed by atoms with E-state index in [1.165, 1.54) is 24.1 Å². The second-order valence-electron chi connectivity index (χ2n) is 5.71. The van der Waals surface area contributed by atoms with Gasteiger partial charge in [0.1, 0.15) is 6.61 Å². The van der Waals surface area contributed by atoms with E-state index in [0.717, 1.165) is 6.07 Å². The molecule has 1 aromatic rings. The molecule has 13 heteroatoms. The number of nitrogens with one attached hydrogen (secondary N) is 3. The van der Waals surface area contributed by atoms with Gasteiger partial charge in [0.15, 0.2) is 11.8 Å². The van der Waals surface area contributed by atoms with Crippen LogP contribution < -0.4 is 31.3 Å². The lowest BCUT2D eigenvalue weighted by Gasteiger charge is -2.27. The van der Waals surface area contributed by atoms with Crippen LogP contribution in [0.25, 0.3) is 0 Å². The van der Waals surface area contributed by atoms with Crippen LogP contribution in [0.3, 0.4) is 0 Å². The van der Waals surface area contributed by atoms with Crippen molar-refractivity contribution < 1.29 is 37.4 Å². The minimum Gasteiger partial charge on any atom is -0.433 e. The predicted octanol–water partition coefficient (Wildman–Crippen LogP) is -0.627. The number of nitrogens with zero attached hydrogens (tertiary/aromatic N) is 1. The van der Waals surface area contributed by atoms with Crippen LogP contribution >= 0.6 is 0 Å². The molecule has 1 aromatic carbocycles. The minimum absolute atomic E-state index is 0.158. The second-order valence-corrected chi connectivity index (χ2v) is 5.71. The van der Waals surface area contributed by atoms with Crippen LogP contribution in [0.2, 0.25) is 0 Å². The van der Waals surface area contributed by atoms with Crippen molar-refractivity contribution in [1.82, 2.24) is 10.6 Å². The monoisotopic (exact) mass is 415 g/mol. The molecule has 0 radical (unpaired) electrons. The van der Waals surface area contributed by atoms with Crippen molar-refractivity contribution >= 4 is 35.1 Å². The van der Waals surface area contributed by atoms with Crippen molar-refractivity contribution in [1.29, 1.82) is 0 Å². The van der Waals surface area contributed by atoms with Crippen molar-refractivity contribution in [2.75, 3.05) is 37.0 Å². The Labute approximate surface area is 163 Å². The molecule has 1 aliphatic heterocycles. The van der Waals surface area contributed by atoms with E-state index in [4.69, 9.17) is 10.5 Å². The number of amides is 5. The minimum atomic E-state index is -3.22. The summed E-state index contributed by atoms with van der Waals surface area (Å²) in [4.78, 5) is 48.4. The SMILES string of the molecule is CNC(=O)N[C@H](C(N)=O)C(=O)Nc1ccc(N2CCOCC2=O)cc1OC(F)F. The summed E-state index contributed by atoms with van der Waals surface area (Å²) >= 11 is 0. The van der Waals surface area contributed by atoms with Crippen LogP contribution in [0.15, 0.2) is 18.2 Å². The van der Waals surface area contributed by atoms with Gasteiger partial charge in [0, 0.05) is 25.3 Å². The van der Waals surface area contributed by atoms with Crippen LogP contribution in [0.1, 0.15) is 0 Å². The van der Waals surface area contributed by atoms with Gasteiger partial charge in [-0.1, -0.05) is 0 Å². The zero-order valence-electron chi connectivity index (χ0n) is 15.2. The maximum absolute atomic E-state index is 12.8. The fourth-order valence-corrected chi connectivity index (χ4v) is 2.44. The summed E-state index contributed by atoms with van der Waals surface area (Å²) in [7, 11) is 1.26. The number of halogens is 2. The summed E-state index contributed by atoms with van der Waals surface area (Å²) in [6, 6.07) is 1.12. The van der Waals surface area contributed by atoms with Gasteiger partial charge in [-0.2, -0.15) is 8.78 Å². The van der Waals surface area contributed by atoms with E-state index in [1.807, 2.05) is 5.32 Å². The molecule has 1 heterocycles. The number of nitrogens with two attached hydrogens (primary N) is 1. The number of primary amides is 1. The van der Waals surface area contributed by atoms with Crippen LogP contribution in [0, 0.1) is 0 Å². The number of hydrogen-bond acceptors (Lipinski definition) is 6. The van der Waals surface area contributed by atoms with Gasteiger partial charge in [-0.3, -0.25) is 14.4 Å². The first-order valence-electron chi connectivity index (χ1n) is 8.28. The van der Waals surface area contributed by atoms with E-state index in [9.17, 15) is 28.0 Å². The Morgan fingerprint density at radius 1 is 1.31 bits per heavy atom. The molecule has 5 N–H and O–H groups in total. The molecule has 0 bridgehead atoms. The molecule has 158 valence electrons. The van der Waals surface area contributed by atoms with E-state index >= 15 is 0 Å². The number of carbonyl (C=O) groups is 4. The third-order valence-corrected chi connectivity index (χ3v) is 3.79. The second kappa shape index (κ2) is 9.64. The molecule has 1 aliphatic rings. The van der Waals surface area contributed by atoms with Crippen molar-refractivity contribution in [2.24, 2.45) is 5.73 Å². The van der Waals surface area contributed by atoms with E-state index in [0.29, 0.717) is 0 Å². The number of hydrogen-bond donors (Lipinski definition) is 4. The molecule has 0 saturated carbocycles. The van der Waals surface area contributed by atoms with Gasteiger partial charge < -0.3 is 36.1 Å². The van der Waals surface area contributed by atoms with Crippen LogP contribution in [0.5, 0.6) is 5.75 Å². The lowest BCUT2D eigenvalue weighted by Crippen LogP contribution is -2.54. The Kier molecular flexibility index (Phi) is 7.25. The van der Waals surface area contributed by atoms with Gasteiger partial charge in [0.25, 0.3) is 11.8 Å². The van der Waals surface area contributed by atoms with Crippen LogP contribution in [0.4, 0.5) is 25.0 Å². The first-order chi connectivity index (χ1) is 13.7. The van der Waals surface area contributed by atoms with E-state index in [2.05, 4.69) is 15.4 Å². The highest BCUT2D eigenvalue weighted by atomic mass is 19.3. The van der Waals surface area contributed by atoms with Crippen molar-refractivity contribution in [3.05, 3.63) is 18.2 Å². The van der Waals surface area contributed by atoms with Gasteiger partial charge in [0.05, 0.1) is 12.3 Å². The first kappa shape index (κ1) is 21.8. The Morgan fingerprint density at radius 2 is 2.03 bits per heavy atom. The lowest BCUT2D eigenvalue weighted by atomic mass is 10.2. The molecule has 2 rings (SSSR count). The van der Waals surface area contributed by atoms with Crippen molar-refractivity contribution in [3.8, 4) is 5.75 Å². The fraction of sp³-hybridized carbons (Fsp3) is 0.375. The highest BCUT2D eigenvalue weighted by Crippen LogP contribution is 2.32. The Balaban J connectivity index is 2.28. The molecule has 1 saturated heterocycles. The van der Waals surface area contributed by atoms with Gasteiger partial charge in [-0.15, -0.1) is 0 Å². The number of anilines is 2. The summed E-state index contributed by atoms with van der Waals surface area (Å²) in [5.74, 6) is -3.07. The number of morpholine rings is 1. The lowest BCUT2D eigenvalue weighted by molar-refractivity contribution is -0.128. The summed E-state index contributed by atoms with van der Waals surface area (Å²) in [5.41, 5.74) is 5.13. The molecular weight excluding hydrogens is 396 g/mol. The zero-order valence-corrected chi connectivity index (χ0v) is 15.2. The smallest absolute Gasteiger partial charge is 0.387 e. The van der Waals surface area contributed by atoms with Crippen LogP contribution in [-0.4, -0.2) is 63.2 Å². The van der Waals surface area contributed by atoms with E-state index < -0.39 is 36.2 Å². The average Bonchev–Trinajstić information content (AvgIpc) is 2.66. The summed E-state index contributed by atoms with van der Waals surface area (Å²) < 4.78 is 35.1. The van der Waals surface area contributed by atoms with E-state index in [1.54, 1.807) is 0 Å². The zero-order chi connectivity index (χ0) is 21.6. The predicted molar refractivity (Wildman–Crippen MR) is 95.4 cm³/mol. The number of rotatable bonds is 7. The third-order valence-electron chi connectivity index (χ3n) is 3.79. The molecule has 0 spiro atoms. The molecule has 0 aromatic heterocycles. The third kappa shape index (κ3) is 5.75. The quantitative estimate of drug-likeness (QED) is 0.435. The maximum Gasteiger partial charge on any atom is 0.387 e. The highest BCUT2D eigenvalue weighted by molar-refractivity contribution is 6.11. The highest BCUT2D eigenvalue weighted by Gasteiger charge is 2.28.